The second-order valence-corrected chi connectivity index (χ2v) is 6.96. The normalized spacial score (nSPS) is 11.1. The maximum atomic E-state index is 11.8. The van der Waals surface area contributed by atoms with E-state index in [1.807, 2.05) is 0 Å². The number of sulfonamides is 1. The Balaban J connectivity index is 1.76. The molecule has 0 aliphatic heterocycles. The summed E-state index contributed by atoms with van der Waals surface area (Å²) in [6.45, 7) is 0.496. The van der Waals surface area contributed by atoms with E-state index in [1.165, 1.54) is 12.1 Å². The predicted octanol–water partition coefficient (Wildman–Crippen LogP) is 2.07. The number of primary sulfonamides is 1. The van der Waals surface area contributed by atoms with Gasteiger partial charge in [-0.05, 0) is 29.8 Å². The molecular formula is C16H17ClN2O4S. The molecule has 0 heterocycles. The SMILES string of the molecule is NS(=O)(=O)c1ccc(CNC(=O)CCOc2ccccc2Cl)cc1. The first-order chi connectivity index (χ1) is 11.4. The van der Waals surface area contributed by atoms with Crippen LogP contribution in [-0.4, -0.2) is 20.9 Å². The van der Waals surface area contributed by atoms with Crippen molar-refractivity contribution in [2.24, 2.45) is 5.14 Å². The fourth-order valence-corrected chi connectivity index (χ4v) is 2.61. The van der Waals surface area contributed by atoms with Crippen molar-refractivity contribution in [3.05, 3.63) is 59.1 Å². The van der Waals surface area contributed by atoms with Gasteiger partial charge in [0.2, 0.25) is 15.9 Å². The summed E-state index contributed by atoms with van der Waals surface area (Å²) in [7, 11) is -3.71. The second-order valence-electron chi connectivity index (χ2n) is 4.99. The van der Waals surface area contributed by atoms with Gasteiger partial charge in [-0.25, -0.2) is 13.6 Å². The van der Waals surface area contributed by atoms with Crippen molar-refractivity contribution in [2.45, 2.75) is 17.9 Å². The lowest BCUT2D eigenvalue weighted by Gasteiger charge is -2.08. The number of carbonyl (C=O) groups excluding carboxylic acids is 1. The van der Waals surface area contributed by atoms with E-state index >= 15 is 0 Å². The van der Waals surface area contributed by atoms with Crippen LogP contribution in [0.1, 0.15) is 12.0 Å². The number of hydrogen-bond acceptors (Lipinski definition) is 4. The number of para-hydroxylation sites is 1. The van der Waals surface area contributed by atoms with Gasteiger partial charge in [-0.3, -0.25) is 4.79 Å². The van der Waals surface area contributed by atoms with Crippen LogP contribution in [-0.2, 0) is 21.4 Å². The summed E-state index contributed by atoms with van der Waals surface area (Å²) >= 11 is 5.95. The average molecular weight is 369 g/mol. The largest absolute Gasteiger partial charge is 0.491 e. The molecule has 0 spiro atoms. The van der Waals surface area contributed by atoms with Crippen LogP contribution in [0.5, 0.6) is 5.75 Å². The Kier molecular flexibility index (Phi) is 6.19. The zero-order valence-corrected chi connectivity index (χ0v) is 14.3. The summed E-state index contributed by atoms with van der Waals surface area (Å²) in [4.78, 5) is 11.8. The van der Waals surface area contributed by atoms with E-state index in [4.69, 9.17) is 21.5 Å². The molecule has 0 saturated carbocycles. The van der Waals surface area contributed by atoms with Gasteiger partial charge in [-0.2, -0.15) is 0 Å². The lowest BCUT2D eigenvalue weighted by molar-refractivity contribution is -0.121. The number of nitrogens with two attached hydrogens (primary N) is 1. The highest BCUT2D eigenvalue weighted by Crippen LogP contribution is 2.23. The van der Waals surface area contributed by atoms with Gasteiger partial charge in [0, 0.05) is 6.54 Å². The number of hydrogen-bond donors (Lipinski definition) is 2. The smallest absolute Gasteiger partial charge is 0.238 e. The van der Waals surface area contributed by atoms with Gasteiger partial charge in [0.1, 0.15) is 5.75 Å². The summed E-state index contributed by atoms with van der Waals surface area (Å²) in [5.41, 5.74) is 0.766. The van der Waals surface area contributed by atoms with Crippen molar-refractivity contribution < 1.29 is 17.9 Å². The molecule has 1 amide bonds. The fourth-order valence-electron chi connectivity index (χ4n) is 1.90. The third-order valence-electron chi connectivity index (χ3n) is 3.16. The Bertz CT molecular complexity index is 807. The lowest BCUT2D eigenvalue weighted by atomic mass is 10.2. The van der Waals surface area contributed by atoms with Gasteiger partial charge in [0.15, 0.2) is 0 Å². The highest BCUT2D eigenvalue weighted by Gasteiger charge is 2.08. The van der Waals surface area contributed by atoms with Gasteiger partial charge in [0.25, 0.3) is 0 Å². The summed E-state index contributed by atoms with van der Waals surface area (Å²) in [5, 5.41) is 8.24. The molecule has 2 rings (SSSR count). The molecule has 0 aliphatic rings. The van der Waals surface area contributed by atoms with Gasteiger partial charge in [0.05, 0.1) is 22.9 Å². The molecular weight excluding hydrogens is 352 g/mol. The van der Waals surface area contributed by atoms with Crippen LogP contribution >= 0.6 is 11.6 Å². The summed E-state index contributed by atoms with van der Waals surface area (Å²) in [6, 6.07) is 13.0. The van der Waals surface area contributed by atoms with Gasteiger partial charge in [-0.1, -0.05) is 35.9 Å². The molecule has 24 heavy (non-hydrogen) atoms. The first-order valence-corrected chi connectivity index (χ1v) is 9.04. The molecule has 3 N–H and O–H groups in total. The molecule has 0 aromatic heterocycles. The Morgan fingerprint density at radius 3 is 2.42 bits per heavy atom. The molecule has 0 saturated heterocycles. The quantitative estimate of drug-likeness (QED) is 0.781. The third kappa shape index (κ3) is 5.52. The number of rotatable bonds is 7. The predicted molar refractivity (Wildman–Crippen MR) is 91.2 cm³/mol. The first kappa shape index (κ1) is 18.3. The maximum absolute atomic E-state index is 11.8. The summed E-state index contributed by atoms with van der Waals surface area (Å²) < 4.78 is 27.7. The van der Waals surface area contributed by atoms with Crippen LogP contribution in [0, 0.1) is 0 Å². The number of benzene rings is 2. The van der Waals surface area contributed by atoms with E-state index in [0.717, 1.165) is 5.56 Å². The molecule has 8 heteroatoms. The number of ether oxygens (including phenoxy) is 1. The van der Waals surface area contributed by atoms with Crippen molar-refractivity contribution in [1.82, 2.24) is 5.32 Å². The molecule has 128 valence electrons. The van der Waals surface area contributed by atoms with E-state index in [0.29, 0.717) is 10.8 Å². The molecule has 6 nitrogen and oxygen atoms in total. The Morgan fingerprint density at radius 1 is 1.12 bits per heavy atom. The average Bonchev–Trinajstić information content (AvgIpc) is 2.54. The molecule has 0 bridgehead atoms. The first-order valence-electron chi connectivity index (χ1n) is 7.12. The van der Waals surface area contributed by atoms with Gasteiger partial charge < -0.3 is 10.1 Å². The van der Waals surface area contributed by atoms with Gasteiger partial charge in [-0.15, -0.1) is 0 Å². The minimum absolute atomic E-state index is 0.0331. The topological polar surface area (TPSA) is 98.5 Å². The van der Waals surface area contributed by atoms with Crippen LogP contribution in [0.4, 0.5) is 0 Å². The Labute approximate surface area is 145 Å². The molecule has 2 aromatic rings. The van der Waals surface area contributed by atoms with Crippen molar-refractivity contribution in [2.75, 3.05) is 6.61 Å². The monoisotopic (exact) mass is 368 g/mol. The van der Waals surface area contributed by atoms with Crippen molar-refractivity contribution in [3.63, 3.8) is 0 Å². The standard InChI is InChI=1S/C16H17ClN2O4S/c17-14-3-1-2-4-15(14)23-10-9-16(20)19-11-12-5-7-13(8-6-12)24(18,21)22/h1-8H,9-11H2,(H,19,20)(H2,18,21,22). The van der Waals surface area contributed by atoms with E-state index in [1.54, 1.807) is 36.4 Å². The molecule has 0 aliphatic carbocycles. The second kappa shape index (κ2) is 8.14. The van der Waals surface area contributed by atoms with E-state index in [9.17, 15) is 13.2 Å². The Hall–Kier alpha value is -2.09. The number of halogens is 1. The zero-order chi connectivity index (χ0) is 17.6. The van der Waals surface area contributed by atoms with Crippen LogP contribution in [0.3, 0.4) is 0 Å². The highest BCUT2D eigenvalue weighted by molar-refractivity contribution is 7.89. The molecule has 0 radical (unpaired) electrons. The molecule has 0 fully saturated rings. The number of carbonyl (C=O) groups is 1. The van der Waals surface area contributed by atoms with E-state index in [-0.39, 0.29) is 30.4 Å². The number of amides is 1. The van der Waals surface area contributed by atoms with Crippen molar-refractivity contribution >= 4 is 27.5 Å². The minimum Gasteiger partial charge on any atom is -0.491 e. The third-order valence-corrected chi connectivity index (χ3v) is 4.41. The van der Waals surface area contributed by atoms with Crippen LogP contribution < -0.4 is 15.2 Å². The van der Waals surface area contributed by atoms with Crippen LogP contribution in [0.25, 0.3) is 0 Å². The lowest BCUT2D eigenvalue weighted by Crippen LogP contribution is -2.24. The van der Waals surface area contributed by atoms with Gasteiger partial charge >= 0.3 is 0 Å². The van der Waals surface area contributed by atoms with E-state index in [2.05, 4.69) is 5.32 Å². The van der Waals surface area contributed by atoms with Crippen LogP contribution in [0.15, 0.2) is 53.4 Å². The van der Waals surface area contributed by atoms with Crippen molar-refractivity contribution in [3.8, 4) is 5.75 Å². The fraction of sp³-hybridized carbons (Fsp3) is 0.188. The van der Waals surface area contributed by atoms with Crippen molar-refractivity contribution in [1.29, 1.82) is 0 Å². The van der Waals surface area contributed by atoms with Crippen LogP contribution in [0.2, 0.25) is 5.02 Å². The van der Waals surface area contributed by atoms with E-state index < -0.39 is 10.0 Å². The zero-order valence-electron chi connectivity index (χ0n) is 12.7. The molecule has 0 atom stereocenters. The Morgan fingerprint density at radius 2 is 1.79 bits per heavy atom. The summed E-state index contributed by atoms with van der Waals surface area (Å²) in [6.07, 6.45) is 0.181. The molecule has 0 unspecified atom stereocenters. The maximum Gasteiger partial charge on any atom is 0.238 e. The minimum atomic E-state index is -3.71. The molecule has 2 aromatic carbocycles. The highest BCUT2D eigenvalue weighted by atomic mass is 35.5. The number of nitrogens with one attached hydrogen (secondary N) is 1. The summed E-state index contributed by atoms with van der Waals surface area (Å²) in [5.74, 6) is 0.350.